The smallest absolute Gasteiger partial charge is 0.304 e. The molecule has 0 heterocycles. The molecule has 0 aliphatic carbocycles. The molecule has 96 valence electrons. The molecule has 0 aliphatic rings. The molecule has 0 aliphatic heterocycles. The second kappa shape index (κ2) is 5.72. The largest absolute Gasteiger partial charge is 0.481 e. The molecular weight excluding hydrogens is 306 g/mol. The lowest BCUT2D eigenvalue weighted by atomic mass is 9.96. The summed E-state index contributed by atoms with van der Waals surface area (Å²) in [5, 5.41) is 19.3. The number of nitro groups is 1. The van der Waals surface area contributed by atoms with Gasteiger partial charge < -0.3 is 5.11 Å². The average Bonchev–Trinajstić information content (AvgIpc) is 2.27. The van der Waals surface area contributed by atoms with Gasteiger partial charge in [0.2, 0.25) is 0 Å². The van der Waals surface area contributed by atoms with Crippen LogP contribution in [0.25, 0.3) is 0 Å². The number of carboxylic acids is 1. The van der Waals surface area contributed by atoms with Gasteiger partial charge in [-0.1, -0.05) is 6.92 Å². The maximum atomic E-state index is 11.9. The van der Waals surface area contributed by atoms with E-state index >= 15 is 0 Å². The molecule has 1 rings (SSSR count). The standard InChI is InChI=1S/C11H10BrNO5/c1-6(4-10(14)15)11(16)7-2-3-8(12)9(5-7)13(17)18/h2-3,5-6H,4H2,1H3,(H,14,15)/t6-/m1/s1. The van der Waals surface area contributed by atoms with Crippen molar-refractivity contribution in [2.45, 2.75) is 13.3 Å². The lowest BCUT2D eigenvalue weighted by Gasteiger charge is -2.07. The third-order valence-electron chi connectivity index (χ3n) is 2.36. The topological polar surface area (TPSA) is 97.5 Å². The maximum absolute atomic E-state index is 11.9. The highest BCUT2D eigenvalue weighted by atomic mass is 79.9. The van der Waals surface area contributed by atoms with Gasteiger partial charge in [-0.15, -0.1) is 0 Å². The molecule has 18 heavy (non-hydrogen) atoms. The van der Waals surface area contributed by atoms with E-state index in [1.165, 1.54) is 19.1 Å². The third-order valence-corrected chi connectivity index (χ3v) is 3.03. The molecule has 7 heteroatoms. The van der Waals surface area contributed by atoms with Gasteiger partial charge >= 0.3 is 5.97 Å². The number of carboxylic acid groups (broad SMARTS) is 1. The number of halogens is 1. The Morgan fingerprint density at radius 3 is 2.61 bits per heavy atom. The number of carbonyl (C=O) groups excluding carboxylic acids is 1. The highest BCUT2D eigenvalue weighted by molar-refractivity contribution is 9.10. The molecule has 0 fully saturated rings. The minimum absolute atomic E-state index is 0.138. The second-order valence-corrected chi connectivity index (χ2v) is 4.64. The Labute approximate surface area is 111 Å². The highest BCUT2D eigenvalue weighted by Gasteiger charge is 2.21. The number of ketones is 1. The predicted molar refractivity (Wildman–Crippen MR) is 66.5 cm³/mol. The lowest BCUT2D eigenvalue weighted by molar-refractivity contribution is -0.385. The zero-order valence-electron chi connectivity index (χ0n) is 9.42. The fourth-order valence-electron chi connectivity index (χ4n) is 1.44. The van der Waals surface area contributed by atoms with Gasteiger partial charge in [-0.25, -0.2) is 0 Å². The van der Waals surface area contributed by atoms with Crippen molar-refractivity contribution >= 4 is 33.4 Å². The predicted octanol–water partition coefficient (Wildman–Crippen LogP) is 2.65. The zero-order chi connectivity index (χ0) is 13.9. The van der Waals surface area contributed by atoms with Crippen LogP contribution in [0.1, 0.15) is 23.7 Å². The summed E-state index contributed by atoms with van der Waals surface area (Å²) in [6.07, 6.45) is -0.303. The lowest BCUT2D eigenvalue weighted by Crippen LogP contribution is -2.15. The Bertz CT molecular complexity index is 514. The van der Waals surface area contributed by atoms with E-state index in [2.05, 4.69) is 15.9 Å². The van der Waals surface area contributed by atoms with Crippen molar-refractivity contribution in [2.75, 3.05) is 0 Å². The molecule has 6 nitrogen and oxygen atoms in total. The summed E-state index contributed by atoms with van der Waals surface area (Å²) < 4.78 is 0.273. The minimum Gasteiger partial charge on any atom is -0.481 e. The van der Waals surface area contributed by atoms with Gasteiger partial charge in [0.15, 0.2) is 5.78 Å². The summed E-state index contributed by atoms with van der Waals surface area (Å²) in [4.78, 5) is 32.5. The second-order valence-electron chi connectivity index (χ2n) is 3.79. The van der Waals surface area contributed by atoms with Crippen LogP contribution >= 0.6 is 15.9 Å². The number of aliphatic carboxylic acids is 1. The quantitative estimate of drug-likeness (QED) is 0.511. The molecule has 1 aromatic rings. The molecule has 0 amide bonds. The van der Waals surface area contributed by atoms with Gasteiger partial charge in [0.1, 0.15) is 0 Å². The van der Waals surface area contributed by atoms with Gasteiger partial charge in [0.25, 0.3) is 5.69 Å². The summed E-state index contributed by atoms with van der Waals surface area (Å²) >= 11 is 3.01. The molecule has 0 bridgehead atoms. The number of nitrogens with zero attached hydrogens (tertiary/aromatic N) is 1. The van der Waals surface area contributed by atoms with E-state index in [9.17, 15) is 19.7 Å². The summed E-state index contributed by atoms with van der Waals surface area (Å²) in [5.41, 5.74) is -0.0815. The number of hydrogen-bond donors (Lipinski definition) is 1. The molecule has 1 aromatic carbocycles. The van der Waals surface area contributed by atoms with Crippen molar-refractivity contribution in [3.05, 3.63) is 38.3 Å². The zero-order valence-corrected chi connectivity index (χ0v) is 11.0. The van der Waals surface area contributed by atoms with Crippen molar-refractivity contribution in [3.63, 3.8) is 0 Å². The van der Waals surface area contributed by atoms with E-state index in [0.717, 1.165) is 6.07 Å². The van der Waals surface area contributed by atoms with Gasteiger partial charge in [-0.05, 0) is 28.1 Å². The fraction of sp³-hybridized carbons (Fsp3) is 0.273. The molecule has 0 saturated heterocycles. The van der Waals surface area contributed by atoms with Crippen LogP contribution in [0, 0.1) is 16.0 Å². The van der Waals surface area contributed by atoms with E-state index in [4.69, 9.17) is 5.11 Å². The monoisotopic (exact) mass is 315 g/mol. The molecule has 0 radical (unpaired) electrons. The van der Waals surface area contributed by atoms with Crippen LogP contribution in [0.4, 0.5) is 5.69 Å². The SMILES string of the molecule is C[C@H](CC(=O)O)C(=O)c1ccc(Br)c([N+](=O)[O-])c1. The van der Waals surface area contributed by atoms with Crippen molar-refractivity contribution in [2.24, 2.45) is 5.92 Å². The Hall–Kier alpha value is -1.76. The van der Waals surface area contributed by atoms with E-state index < -0.39 is 22.6 Å². The van der Waals surface area contributed by atoms with Crippen molar-refractivity contribution < 1.29 is 19.6 Å². The maximum Gasteiger partial charge on any atom is 0.304 e. The Morgan fingerprint density at radius 1 is 1.50 bits per heavy atom. The first-order chi connectivity index (χ1) is 8.32. The van der Waals surface area contributed by atoms with Gasteiger partial charge in [0, 0.05) is 17.5 Å². The number of benzene rings is 1. The molecule has 0 spiro atoms. The third kappa shape index (κ3) is 3.36. The number of carbonyl (C=O) groups is 2. The van der Waals surface area contributed by atoms with Crippen molar-refractivity contribution in [1.29, 1.82) is 0 Å². The minimum atomic E-state index is -1.08. The van der Waals surface area contributed by atoms with E-state index in [1.54, 1.807) is 0 Å². The Balaban J connectivity index is 3.03. The fourth-order valence-corrected chi connectivity index (χ4v) is 1.84. The first-order valence-corrected chi connectivity index (χ1v) is 5.82. The van der Waals surface area contributed by atoms with E-state index in [0.29, 0.717) is 0 Å². The summed E-state index contributed by atoms with van der Waals surface area (Å²) in [6, 6.07) is 3.97. The van der Waals surface area contributed by atoms with Crippen LogP contribution in [-0.4, -0.2) is 21.8 Å². The molecule has 0 aromatic heterocycles. The van der Waals surface area contributed by atoms with Crippen LogP contribution in [0.5, 0.6) is 0 Å². The molecule has 1 atom stereocenters. The normalized spacial score (nSPS) is 11.9. The number of nitro benzene ring substituents is 1. The van der Waals surface area contributed by atoms with Crippen LogP contribution in [0.15, 0.2) is 22.7 Å². The van der Waals surface area contributed by atoms with Crippen LogP contribution in [0.3, 0.4) is 0 Å². The summed E-state index contributed by atoms with van der Waals surface area (Å²) in [7, 11) is 0. The van der Waals surface area contributed by atoms with Crippen LogP contribution < -0.4 is 0 Å². The molecular formula is C11H10BrNO5. The number of Topliss-reactive ketones (excluding diaryl/α,β-unsaturated/α-hetero) is 1. The first kappa shape index (κ1) is 14.3. The first-order valence-electron chi connectivity index (χ1n) is 5.03. The van der Waals surface area contributed by atoms with Gasteiger partial charge in [-0.3, -0.25) is 19.7 Å². The number of hydrogen-bond acceptors (Lipinski definition) is 4. The molecule has 1 N–H and O–H groups in total. The van der Waals surface area contributed by atoms with E-state index in [1.807, 2.05) is 0 Å². The highest BCUT2D eigenvalue weighted by Crippen LogP contribution is 2.27. The van der Waals surface area contributed by atoms with E-state index in [-0.39, 0.29) is 22.1 Å². The Kier molecular flexibility index (Phi) is 4.55. The average molecular weight is 316 g/mol. The summed E-state index contributed by atoms with van der Waals surface area (Å²) in [6.45, 7) is 1.48. The van der Waals surface area contributed by atoms with Crippen molar-refractivity contribution in [1.82, 2.24) is 0 Å². The Morgan fingerprint density at radius 2 is 2.11 bits per heavy atom. The van der Waals surface area contributed by atoms with Gasteiger partial charge in [0.05, 0.1) is 15.8 Å². The molecule has 0 saturated carbocycles. The van der Waals surface area contributed by atoms with Crippen molar-refractivity contribution in [3.8, 4) is 0 Å². The molecule has 0 unspecified atom stereocenters. The van der Waals surface area contributed by atoms with Crippen LogP contribution in [-0.2, 0) is 4.79 Å². The number of rotatable bonds is 5. The van der Waals surface area contributed by atoms with Gasteiger partial charge in [-0.2, -0.15) is 0 Å². The summed E-state index contributed by atoms with van der Waals surface area (Å²) in [5.74, 6) is -2.22. The van der Waals surface area contributed by atoms with Crippen LogP contribution in [0.2, 0.25) is 0 Å².